The van der Waals surface area contributed by atoms with Crippen LogP contribution < -0.4 is 5.32 Å². The van der Waals surface area contributed by atoms with Crippen molar-refractivity contribution >= 4 is 34.4 Å². The third-order valence-electron chi connectivity index (χ3n) is 3.73. The second-order valence-electron chi connectivity index (χ2n) is 5.73. The maximum Gasteiger partial charge on any atom is 0.222 e. The number of anilines is 1. The fraction of sp³-hybridized carbons (Fsp3) is 0.118. The normalized spacial score (nSPS) is 11.0. The molecule has 4 rings (SSSR count). The third-order valence-corrected chi connectivity index (χ3v) is 3.97. The van der Waals surface area contributed by atoms with Crippen LogP contribution in [0.1, 0.15) is 12.6 Å². The van der Waals surface area contributed by atoms with Crippen LogP contribution in [-0.2, 0) is 4.79 Å². The van der Waals surface area contributed by atoms with E-state index in [0.29, 0.717) is 27.7 Å². The average Bonchev–Trinajstić information content (AvgIpc) is 3.17. The summed E-state index contributed by atoms with van der Waals surface area (Å²) >= 11 is 6.08. The van der Waals surface area contributed by atoms with Crippen LogP contribution >= 0.6 is 11.6 Å². The number of carbonyl (C=O) groups excluding carboxylic acids is 1. The zero-order valence-electron chi connectivity index (χ0n) is 14.0. The Bertz CT molecular complexity index is 1130. The second-order valence-corrected chi connectivity index (χ2v) is 6.17. The number of benzene rings is 1. The molecule has 4 aromatic rings. The van der Waals surface area contributed by atoms with E-state index in [0.717, 1.165) is 11.4 Å². The van der Waals surface area contributed by atoms with Gasteiger partial charge in [-0.05, 0) is 25.1 Å². The number of rotatable bonds is 3. The summed E-state index contributed by atoms with van der Waals surface area (Å²) in [5.41, 5.74) is 2.15. The summed E-state index contributed by atoms with van der Waals surface area (Å²) in [4.78, 5) is 20.2. The summed E-state index contributed by atoms with van der Waals surface area (Å²) in [6.45, 7) is 3.29. The van der Waals surface area contributed by atoms with E-state index < -0.39 is 0 Å². The van der Waals surface area contributed by atoms with Crippen LogP contribution in [0.15, 0.2) is 42.9 Å². The van der Waals surface area contributed by atoms with Gasteiger partial charge in [-0.3, -0.25) is 4.79 Å². The van der Waals surface area contributed by atoms with Crippen molar-refractivity contribution in [1.82, 2.24) is 29.5 Å². The topological polar surface area (TPSA) is 90.5 Å². The van der Waals surface area contributed by atoms with Crippen molar-refractivity contribution < 1.29 is 4.79 Å². The second kappa shape index (κ2) is 6.23. The largest absolute Gasteiger partial charge is 0.311 e. The Balaban J connectivity index is 1.90. The third kappa shape index (κ3) is 2.80. The molecule has 9 heteroatoms. The highest BCUT2D eigenvalue weighted by atomic mass is 35.5. The minimum Gasteiger partial charge on any atom is -0.311 e. The van der Waals surface area contributed by atoms with E-state index in [1.54, 1.807) is 33.8 Å². The Hall–Kier alpha value is -3.26. The molecular formula is C17H14ClN7O. The van der Waals surface area contributed by atoms with Gasteiger partial charge >= 0.3 is 0 Å². The molecule has 0 aliphatic carbocycles. The smallest absolute Gasteiger partial charge is 0.222 e. The number of amides is 1. The van der Waals surface area contributed by atoms with Crippen LogP contribution in [0.5, 0.6) is 0 Å². The summed E-state index contributed by atoms with van der Waals surface area (Å²) in [6.07, 6.45) is 3.11. The van der Waals surface area contributed by atoms with Crippen LogP contribution in [0, 0.1) is 6.92 Å². The molecule has 1 N–H and O–H groups in total. The number of aryl methyl sites for hydroxylation is 1. The number of aromatic nitrogens is 6. The molecule has 0 atom stereocenters. The van der Waals surface area contributed by atoms with E-state index in [1.165, 1.54) is 13.3 Å². The molecule has 0 aliphatic heterocycles. The van der Waals surface area contributed by atoms with Crippen molar-refractivity contribution in [2.45, 2.75) is 13.8 Å². The van der Waals surface area contributed by atoms with Gasteiger partial charge in [-0.1, -0.05) is 17.7 Å². The molecular weight excluding hydrogens is 354 g/mol. The van der Waals surface area contributed by atoms with Crippen LogP contribution in [0.25, 0.3) is 22.5 Å². The number of fused-ring (bicyclic) bond motifs is 1. The van der Waals surface area contributed by atoms with Crippen LogP contribution in [0.2, 0.25) is 5.02 Å². The quantitative estimate of drug-likeness (QED) is 0.601. The minimum absolute atomic E-state index is 0.189. The van der Waals surface area contributed by atoms with Crippen molar-refractivity contribution in [3.05, 3.63) is 53.6 Å². The van der Waals surface area contributed by atoms with Crippen LogP contribution in [-0.4, -0.2) is 35.4 Å². The molecule has 8 nitrogen and oxygen atoms in total. The van der Waals surface area contributed by atoms with Gasteiger partial charge in [-0.15, -0.1) is 0 Å². The van der Waals surface area contributed by atoms with Crippen LogP contribution in [0.4, 0.5) is 5.82 Å². The maximum absolute atomic E-state index is 11.5. The molecule has 0 radical (unpaired) electrons. The molecule has 1 amide bonds. The maximum atomic E-state index is 11.5. The SMILES string of the molecule is CC(=O)Nc1cc(C)nn1-c1ncnc2c1cnn2-c1cccc(Cl)c1. The highest BCUT2D eigenvalue weighted by Gasteiger charge is 2.16. The van der Waals surface area contributed by atoms with E-state index in [9.17, 15) is 4.79 Å². The van der Waals surface area contributed by atoms with E-state index in [4.69, 9.17) is 11.6 Å². The Kier molecular flexibility index (Phi) is 3.89. The van der Waals surface area contributed by atoms with E-state index >= 15 is 0 Å². The van der Waals surface area contributed by atoms with Crippen molar-refractivity contribution in [3.8, 4) is 11.5 Å². The zero-order valence-corrected chi connectivity index (χ0v) is 14.8. The Morgan fingerprint density at radius 2 is 2.04 bits per heavy atom. The fourth-order valence-electron chi connectivity index (χ4n) is 2.73. The highest BCUT2D eigenvalue weighted by Crippen LogP contribution is 2.24. The van der Waals surface area contributed by atoms with Gasteiger partial charge in [0.05, 0.1) is 23.0 Å². The summed E-state index contributed by atoms with van der Waals surface area (Å²) < 4.78 is 3.26. The Morgan fingerprint density at radius 1 is 1.19 bits per heavy atom. The first-order valence-corrected chi connectivity index (χ1v) is 8.20. The van der Waals surface area contributed by atoms with Gasteiger partial charge in [0.25, 0.3) is 0 Å². The van der Waals surface area contributed by atoms with E-state index in [-0.39, 0.29) is 5.91 Å². The zero-order chi connectivity index (χ0) is 18.3. The molecule has 3 aromatic heterocycles. The lowest BCUT2D eigenvalue weighted by Gasteiger charge is -2.08. The molecule has 0 unspecified atom stereocenters. The predicted octanol–water partition coefficient (Wildman–Crippen LogP) is 2.92. The number of nitrogens with one attached hydrogen (secondary N) is 1. The van der Waals surface area contributed by atoms with Gasteiger partial charge in [-0.25, -0.2) is 14.6 Å². The first-order chi connectivity index (χ1) is 12.5. The molecule has 1 aromatic carbocycles. The molecule has 130 valence electrons. The standard InChI is InChI=1S/C17H14ClN7O/c1-10-6-15(22-11(2)26)25(23-10)17-14-8-21-24(16(14)19-9-20-17)13-5-3-4-12(18)7-13/h3-9H,1-2H3,(H,22,26). The first kappa shape index (κ1) is 16.2. The molecule has 0 aliphatic rings. The predicted molar refractivity (Wildman–Crippen MR) is 97.8 cm³/mol. The van der Waals surface area contributed by atoms with Crippen molar-refractivity contribution in [2.75, 3.05) is 5.32 Å². The van der Waals surface area contributed by atoms with Gasteiger partial charge in [-0.2, -0.15) is 14.9 Å². The van der Waals surface area contributed by atoms with Crippen LogP contribution in [0.3, 0.4) is 0 Å². The van der Waals surface area contributed by atoms with Gasteiger partial charge in [0.1, 0.15) is 12.1 Å². The van der Waals surface area contributed by atoms with Crippen molar-refractivity contribution in [3.63, 3.8) is 0 Å². The monoisotopic (exact) mass is 367 g/mol. The Morgan fingerprint density at radius 3 is 2.81 bits per heavy atom. The molecule has 0 bridgehead atoms. The highest BCUT2D eigenvalue weighted by molar-refractivity contribution is 6.30. The van der Waals surface area contributed by atoms with Gasteiger partial charge in [0.15, 0.2) is 11.5 Å². The summed E-state index contributed by atoms with van der Waals surface area (Å²) in [6, 6.07) is 9.11. The number of halogens is 1. The van der Waals surface area contributed by atoms with Gasteiger partial charge in [0.2, 0.25) is 5.91 Å². The number of carbonyl (C=O) groups is 1. The lowest BCUT2D eigenvalue weighted by molar-refractivity contribution is -0.114. The van der Waals surface area contributed by atoms with E-state index in [1.807, 2.05) is 19.1 Å². The number of hydrogen-bond donors (Lipinski definition) is 1. The number of nitrogens with zero attached hydrogens (tertiary/aromatic N) is 6. The molecule has 3 heterocycles. The fourth-order valence-corrected chi connectivity index (χ4v) is 2.91. The first-order valence-electron chi connectivity index (χ1n) is 7.82. The van der Waals surface area contributed by atoms with Crippen molar-refractivity contribution in [2.24, 2.45) is 0 Å². The average molecular weight is 368 g/mol. The molecule has 0 spiro atoms. The molecule has 0 fully saturated rings. The van der Waals surface area contributed by atoms with E-state index in [2.05, 4.69) is 25.5 Å². The van der Waals surface area contributed by atoms with Gasteiger partial charge < -0.3 is 5.32 Å². The minimum atomic E-state index is -0.189. The molecule has 0 saturated carbocycles. The van der Waals surface area contributed by atoms with Gasteiger partial charge in [0, 0.05) is 18.0 Å². The van der Waals surface area contributed by atoms with Crippen molar-refractivity contribution in [1.29, 1.82) is 0 Å². The Labute approximate surface area is 153 Å². The summed E-state index contributed by atoms with van der Waals surface area (Å²) in [5.74, 6) is 0.872. The summed E-state index contributed by atoms with van der Waals surface area (Å²) in [5, 5.41) is 12.9. The summed E-state index contributed by atoms with van der Waals surface area (Å²) in [7, 11) is 0. The molecule has 26 heavy (non-hydrogen) atoms. The number of hydrogen-bond acceptors (Lipinski definition) is 5. The molecule has 0 saturated heterocycles. The lowest BCUT2D eigenvalue weighted by atomic mass is 10.3. The lowest BCUT2D eigenvalue weighted by Crippen LogP contribution is -2.12.